The Balaban J connectivity index is 1.51. The molecule has 0 bridgehead atoms. The van der Waals surface area contributed by atoms with E-state index in [2.05, 4.69) is 47.9 Å². The van der Waals surface area contributed by atoms with Gasteiger partial charge in [0.2, 0.25) is 5.88 Å². The van der Waals surface area contributed by atoms with E-state index in [9.17, 15) is 10.2 Å². The van der Waals surface area contributed by atoms with Gasteiger partial charge >= 0.3 is 0 Å². The van der Waals surface area contributed by atoms with Crippen molar-refractivity contribution in [3.05, 3.63) is 91.2 Å². The van der Waals surface area contributed by atoms with Crippen LogP contribution in [0.5, 0.6) is 11.6 Å². The van der Waals surface area contributed by atoms with Crippen LogP contribution in [0.1, 0.15) is 36.8 Å². The minimum Gasteiger partial charge on any atom is -0.507 e. The van der Waals surface area contributed by atoms with Crippen LogP contribution in [0.2, 0.25) is 0 Å². The highest BCUT2D eigenvalue weighted by molar-refractivity contribution is 7.73. The summed E-state index contributed by atoms with van der Waals surface area (Å²) in [4.78, 5) is 12.7. The largest absolute Gasteiger partial charge is 0.507 e. The normalized spacial score (nSPS) is 13.5. The summed E-state index contributed by atoms with van der Waals surface area (Å²) in [5.74, 6) is 0.685. The van der Waals surface area contributed by atoms with Gasteiger partial charge in [0, 0.05) is 5.56 Å². The fourth-order valence-corrected chi connectivity index (χ4v) is 4.93. The molecule has 170 valence electrons. The van der Waals surface area contributed by atoms with Gasteiger partial charge in [0.25, 0.3) is 0 Å². The molecule has 0 amide bonds. The third-order valence-corrected chi connectivity index (χ3v) is 6.92. The number of phenols is 1. The molecule has 5 rings (SSSR count). The lowest BCUT2D eigenvalue weighted by molar-refractivity contribution is 0.455. The molecule has 0 atom stereocenters. The molecule has 34 heavy (non-hydrogen) atoms. The van der Waals surface area contributed by atoms with Gasteiger partial charge in [-0.2, -0.15) is 0 Å². The van der Waals surface area contributed by atoms with Crippen molar-refractivity contribution in [1.82, 2.24) is 4.98 Å². The Hall–Kier alpha value is -3.55. The number of aromatic nitrogens is 1. The van der Waals surface area contributed by atoms with E-state index < -0.39 is 0 Å². The molecule has 0 aliphatic carbocycles. The van der Waals surface area contributed by atoms with Gasteiger partial charge < -0.3 is 15.2 Å². The number of fused-ring (bicyclic) bond motifs is 1. The second-order valence-corrected chi connectivity index (χ2v) is 10.9. The number of nitrogens with zero attached hydrogens (tertiary/aromatic N) is 2. The molecule has 3 N–H and O–H groups in total. The number of hydrogen-bond acceptors (Lipinski definition) is 6. The summed E-state index contributed by atoms with van der Waals surface area (Å²) in [6.45, 7) is 6.54. The summed E-state index contributed by atoms with van der Waals surface area (Å²) < 4.78 is 0.517. The number of aromatic amines is 1. The van der Waals surface area contributed by atoms with E-state index in [1.54, 1.807) is 0 Å². The summed E-state index contributed by atoms with van der Waals surface area (Å²) in [6.07, 6.45) is 1.85. The Kier molecular flexibility index (Phi) is 5.46. The highest BCUT2D eigenvalue weighted by atomic mass is 32.1. The Morgan fingerprint density at radius 3 is 2.35 bits per heavy atom. The van der Waals surface area contributed by atoms with Gasteiger partial charge in [0.1, 0.15) is 5.75 Å². The third-order valence-electron chi connectivity index (χ3n) is 5.75. The highest BCUT2D eigenvalue weighted by Gasteiger charge is 2.18. The van der Waals surface area contributed by atoms with Crippen molar-refractivity contribution in [3.8, 4) is 22.8 Å². The van der Waals surface area contributed by atoms with Crippen molar-refractivity contribution in [3.63, 3.8) is 0 Å². The van der Waals surface area contributed by atoms with Crippen LogP contribution in [0.25, 0.3) is 17.2 Å². The van der Waals surface area contributed by atoms with E-state index in [4.69, 9.17) is 12.2 Å². The minimum absolute atomic E-state index is 0.0571. The fourth-order valence-electron chi connectivity index (χ4n) is 3.88. The maximum absolute atomic E-state index is 11.1. The maximum atomic E-state index is 11.1. The van der Waals surface area contributed by atoms with Gasteiger partial charge in [-0.15, -0.1) is 11.3 Å². The van der Waals surface area contributed by atoms with Crippen LogP contribution in [-0.2, 0) is 5.41 Å². The molecule has 0 saturated heterocycles. The van der Waals surface area contributed by atoms with E-state index >= 15 is 0 Å². The number of para-hydroxylation sites is 1. The van der Waals surface area contributed by atoms with Crippen LogP contribution in [-0.4, -0.2) is 21.0 Å². The zero-order chi connectivity index (χ0) is 24.0. The van der Waals surface area contributed by atoms with Gasteiger partial charge in [-0.25, -0.2) is 9.98 Å². The number of amidine groups is 1. The number of H-pyrrole nitrogens is 1. The molecule has 2 heterocycles. The number of phenolic OH excluding ortho intramolecular Hbond substituents is 1. The van der Waals surface area contributed by atoms with Crippen LogP contribution < -0.4 is 10.6 Å². The lowest BCUT2D eigenvalue weighted by Crippen LogP contribution is -2.10. The molecule has 3 aromatic carbocycles. The Morgan fingerprint density at radius 2 is 1.68 bits per heavy atom. The van der Waals surface area contributed by atoms with Crippen molar-refractivity contribution in [2.24, 2.45) is 9.98 Å². The molecule has 7 heteroatoms. The SMILES string of the molecule is CC(C)(C)c1ccc(-c2cccc(C3=Nc4c/c(=C\c5sc(=S)[nH]c5O)ccc4=N3)c2O)cc1. The first-order chi connectivity index (χ1) is 16.2. The molecule has 0 saturated carbocycles. The fraction of sp³-hybridized carbons (Fsp3) is 0.148. The summed E-state index contributed by atoms with van der Waals surface area (Å²) >= 11 is 6.39. The first-order valence-corrected chi connectivity index (χ1v) is 12.1. The predicted octanol–water partition coefficient (Wildman–Crippen LogP) is 5.72. The average Bonchev–Trinajstić information content (AvgIpc) is 3.35. The van der Waals surface area contributed by atoms with Crippen LogP contribution in [0, 0.1) is 3.95 Å². The number of benzene rings is 3. The summed E-state index contributed by atoms with van der Waals surface area (Å²) in [6, 6.07) is 19.6. The van der Waals surface area contributed by atoms with E-state index in [1.165, 1.54) is 16.9 Å². The van der Waals surface area contributed by atoms with Crippen LogP contribution >= 0.6 is 23.6 Å². The summed E-state index contributed by atoms with van der Waals surface area (Å²) in [5.41, 5.74) is 4.28. The van der Waals surface area contributed by atoms with Crippen molar-refractivity contribution in [1.29, 1.82) is 0 Å². The quantitative estimate of drug-likeness (QED) is 0.325. The van der Waals surface area contributed by atoms with E-state index in [0.29, 0.717) is 25.9 Å². The van der Waals surface area contributed by atoms with Crippen LogP contribution in [0.3, 0.4) is 0 Å². The Labute approximate surface area is 206 Å². The van der Waals surface area contributed by atoms with Crippen molar-refractivity contribution in [2.45, 2.75) is 26.2 Å². The summed E-state index contributed by atoms with van der Waals surface area (Å²) in [7, 11) is 0. The number of rotatable bonds is 3. The van der Waals surface area contributed by atoms with Gasteiger partial charge in [0.15, 0.2) is 9.79 Å². The number of nitrogens with one attached hydrogen (secondary N) is 1. The van der Waals surface area contributed by atoms with Crippen molar-refractivity contribution < 1.29 is 10.2 Å². The summed E-state index contributed by atoms with van der Waals surface area (Å²) in [5, 5.41) is 22.7. The van der Waals surface area contributed by atoms with Crippen LogP contribution in [0.15, 0.2) is 70.6 Å². The van der Waals surface area contributed by atoms with E-state index in [0.717, 1.165) is 21.7 Å². The molecule has 1 aromatic heterocycles. The van der Waals surface area contributed by atoms with Gasteiger partial charge in [-0.3, -0.25) is 0 Å². The van der Waals surface area contributed by atoms with Crippen molar-refractivity contribution in [2.75, 3.05) is 0 Å². The number of thiazole rings is 1. The molecular formula is C27H23N3O2S2. The molecule has 1 aliphatic heterocycles. The standard InChI is InChI=1S/C27H23N3O2S2/c1-27(2,3)17-10-8-16(9-11-17)18-5-4-6-19(23(18)31)24-28-20-12-7-15(13-21(20)29-24)14-22-25(32)30-26(33)34-22/h4-14,31-32H,1-3H3,(H,30,33)/b15-14-. The first-order valence-electron chi connectivity index (χ1n) is 10.8. The number of aromatic hydroxyl groups is 2. The minimum atomic E-state index is 0.0571. The monoisotopic (exact) mass is 485 g/mol. The topological polar surface area (TPSA) is 81.0 Å². The molecule has 0 unspecified atom stereocenters. The average molecular weight is 486 g/mol. The molecule has 1 aliphatic rings. The zero-order valence-electron chi connectivity index (χ0n) is 19.0. The zero-order valence-corrected chi connectivity index (χ0v) is 20.6. The third kappa shape index (κ3) is 4.20. The second-order valence-electron chi connectivity index (χ2n) is 9.20. The predicted molar refractivity (Wildman–Crippen MR) is 140 cm³/mol. The molecular weight excluding hydrogens is 462 g/mol. The molecule has 4 aromatic rings. The first kappa shape index (κ1) is 22.3. The Bertz CT molecular complexity index is 1620. The highest BCUT2D eigenvalue weighted by Crippen LogP contribution is 2.35. The van der Waals surface area contributed by atoms with Gasteiger partial charge in [0.05, 0.1) is 21.5 Å². The maximum Gasteiger partial charge on any atom is 0.207 e. The second kappa shape index (κ2) is 8.34. The lowest BCUT2D eigenvalue weighted by Gasteiger charge is -2.19. The molecule has 5 nitrogen and oxygen atoms in total. The van der Waals surface area contributed by atoms with E-state index in [1.807, 2.05) is 54.6 Å². The number of aliphatic imine (C=N–C) groups is 1. The van der Waals surface area contributed by atoms with Crippen LogP contribution in [0.4, 0.5) is 5.69 Å². The molecule has 0 spiro atoms. The smallest absolute Gasteiger partial charge is 0.207 e. The lowest BCUT2D eigenvalue weighted by atomic mass is 9.86. The Morgan fingerprint density at radius 1 is 0.941 bits per heavy atom. The van der Waals surface area contributed by atoms with E-state index in [-0.39, 0.29) is 17.0 Å². The molecule has 0 radical (unpaired) electrons. The molecule has 0 fully saturated rings. The number of hydrogen-bond donors (Lipinski definition) is 3. The van der Waals surface area contributed by atoms with Crippen molar-refractivity contribution >= 4 is 41.2 Å². The van der Waals surface area contributed by atoms with Gasteiger partial charge in [-0.05, 0) is 58.3 Å². The van der Waals surface area contributed by atoms with Gasteiger partial charge in [-0.1, -0.05) is 63.2 Å².